The average Bonchev–Trinajstić information content (AvgIpc) is 2.37. The van der Waals surface area contributed by atoms with E-state index < -0.39 is 6.04 Å². The second-order valence-corrected chi connectivity index (χ2v) is 4.03. The van der Waals surface area contributed by atoms with Gasteiger partial charge in [0.2, 0.25) is 11.8 Å². The molecule has 5 nitrogen and oxygen atoms in total. The van der Waals surface area contributed by atoms with Crippen molar-refractivity contribution in [2.24, 2.45) is 0 Å². The molecular formula is C13H15N3O2. The first-order valence-corrected chi connectivity index (χ1v) is 5.74. The molecule has 0 fully saturated rings. The molecule has 0 spiro atoms. The lowest BCUT2D eigenvalue weighted by molar-refractivity contribution is -0.124. The van der Waals surface area contributed by atoms with Crippen LogP contribution >= 0.6 is 0 Å². The third kappa shape index (κ3) is 2.68. The molecule has 18 heavy (non-hydrogen) atoms. The minimum absolute atomic E-state index is 0.105. The summed E-state index contributed by atoms with van der Waals surface area (Å²) in [4.78, 5) is 23.3. The van der Waals surface area contributed by atoms with Crippen LogP contribution in [0.3, 0.4) is 0 Å². The van der Waals surface area contributed by atoms with Crippen LogP contribution in [-0.2, 0) is 9.59 Å². The highest BCUT2D eigenvalue weighted by Crippen LogP contribution is 2.26. The number of carbonyl (C=O) groups excluding carboxylic acids is 2. The van der Waals surface area contributed by atoms with E-state index in [1.54, 1.807) is 6.08 Å². The molecule has 0 radical (unpaired) electrons. The molecule has 0 aromatic heterocycles. The fourth-order valence-corrected chi connectivity index (χ4v) is 1.78. The molecule has 2 amide bonds. The zero-order chi connectivity index (χ0) is 13.0. The fraction of sp³-hybridized carbons (Fsp3) is 0.231. The van der Waals surface area contributed by atoms with E-state index in [4.69, 9.17) is 0 Å². The number of hydrogen-bond acceptors (Lipinski definition) is 3. The topological polar surface area (TPSA) is 70.2 Å². The number of nitrogens with one attached hydrogen (secondary N) is 3. The van der Waals surface area contributed by atoms with E-state index in [2.05, 4.69) is 22.5 Å². The Kier molecular flexibility index (Phi) is 3.62. The smallest absolute Gasteiger partial charge is 0.247 e. The highest BCUT2D eigenvalue weighted by atomic mass is 16.2. The Bertz CT molecular complexity index is 485. The van der Waals surface area contributed by atoms with Gasteiger partial charge in [0.05, 0.1) is 17.8 Å². The van der Waals surface area contributed by atoms with E-state index >= 15 is 0 Å². The highest BCUT2D eigenvalue weighted by Gasteiger charge is 2.26. The van der Waals surface area contributed by atoms with Gasteiger partial charge in [0.15, 0.2) is 0 Å². The lowest BCUT2D eigenvalue weighted by Crippen LogP contribution is -2.42. The maximum Gasteiger partial charge on any atom is 0.247 e. The summed E-state index contributed by atoms with van der Waals surface area (Å²) in [6.45, 7) is 3.92. The molecule has 1 aromatic rings. The van der Waals surface area contributed by atoms with E-state index in [-0.39, 0.29) is 18.2 Å². The number of hydrogen-bond donors (Lipinski definition) is 3. The van der Waals surface area contributed by atoms with Crippen LogP contribution in [0.5, 0.6) is 0 Å². The van der Waals surface area contributed by atoms with Crippen LogP contribution in [0.15, 0.2) is 36.9 Å². The Morgan fingerprint density at radius 2 is 2.11 bits per heavy atom. The molecule has 1 heterocycles. The van der Waals surface area contributed by atoms with Gasteiger partial charge in [-0.25, -0.2) is 0 Å². The van der Waals surface area contributed by atoms with Crippen molar-refractivity contribution in [2.75, 3.05) is 17.2 Å². The lowest BCUT2D eigenvalue weighted by Gasteiger charge is -2.26. The summed E-state index contributed by atoms with van der Waals surface area (Å²) < 4.78 is 0. The molecule has 3 N–H and O–H groups in total. The monoisotopic (exact) mass is 245 g/mol. The number of amides is 2. The van der Waals surface area contributed by atoms with Gasteiger partial charge < -0.3 is 16.0 Å². The second-order valence-electron chi connectivity index (χ2n) is 4.03. The first kappa shape index (κ1) is 12.2. The molecule has 94 valence electrons. The van der Waals surface area contributed by atoms with E-state index in [1.165, 1.54) is 0 Å². The van der Waals surface area contributed by atoms with Crippen molar-refractivity contribution in [2.45, 2.75) is 12.5 Å². The molecule has 0 bridgehead atoms. The molecule has 1 atom stereocenters. The van der Waals surface area contributed by atoms with Crippen molar-refractivity contribution in [1.82, 2.24) is 5.32 Å². The van der Waals surface area contributed by atoms with Gasteiger partial charge in [-0.1, -0.05) is 18.2 Å². The van der Waals surface area contributed by atoms with Crippen molar-refractivity contribution >= 4 is 23.2 Å². The number of rotatable bonds is 4. The van der Waals surface area contributed by atoms with E-state index in [9.17, 15) is 9.59 Å². The van der Waals surface area contributed by atoms with Crippen molar-refractivity contribution < 1.29 is 9.59 Å². The van der Waals surface area contributed by atoms with Crippen LogP contribution in [0.25, 0.3) is 0 Å². The van der Waals surface area contributed by atoms with Gasteiger partial charge in [-0.2, -0.15) is 0 Å². The molecule has 2 rings (SSSR count). The Morgan fingerprint density at radius 1 is 1.39 bits per heavy atom. The van der Waals surface area contributed by atoms with E-state index in [1.807, 2.05) is 24.3 Å². The summed E-state index contributed by atoms with van der Waals surface area (Å²) in [7, 11) is 0. The van der Waals surface area contributed by atoms with Gasteiger partial charge in [-0.3, -0.25) is 9.59 Å². The molecule has 0 aliphatic carbocycles. The third-order valence-electron chi connectivity index (χ3n) is 2.66. The zero-order valence-electron chi connectivity index (χ0n) is 9.90. The molecule has 1 aliphatic rings. The largest absolute Gasteiger partial charge is 0.372 e. The third-order valence-corrected chi connectivity index (χ3v) is 2.66. The first-order valence-electron chi connectivity index (χ1n) is 5.74. The fourth-order valence-electron chi connectivity index (χ4n) is 1.78. The minimum atomic E-state index is -0.537. The highest BCUT2D eigenvalue weighted by molar-refractivity contribution is 6.04. The summed E-state index contributed by atoms with van der Waals surface area (Å²) in [6, 6.07) is 6.86. The summed E-state index contributed by atoms with van der Waals surface area (Å²) in [5.41, 5.74) is 1.57. The number of carbonyl (C=O) groups is 2. The Balaban J connectivity index is 2.01. The van der Waals surface area contributed by atoms with Crippen molar-refractivity contribution in [3.8, 4) is 0 Å². The molecule has 0 saturated heterocycles. The number of anilines is 2. The number of benzene rings is 1. The Hall–Kier alpha value is -2.30. The van der Waals surface area contributed by atoms with E-state index in [0.717, 1.165) is 11.4 Å². The SMILES string of the molecule is C=CCNC(=O)C[C@@H]1Nc2ccccc2NC1=O. The quantitative estimate of drug-likeness (QED) is 0.696. The summed E-state index contributed by atoms with van der Waals surface area (Å²) >= 11 is 0. The second kappa shape index (κ2) is 5.35. The van der Waals surface area contributed by atoms with E-state index in [0.29, 0.717) is 6.54 Å². The van der Waals surface area contributed by atoms with Crippen molar-refractivity contribution in [3.05, 3.63) is 36.9 Å². The minimum Gasteiger partial charge on any atom is -0.372 e. The van der Waals surface area contributed by atoms with Gasteiger partial charge in [0.1, 0.15) is 6.04 Å². The number of fused-ring (bicyclic) bond motifs is 1. The number of para-hydroxylation sites is 2. The average molecular weight is 245 g/mol. The molecule has 5 heteroatoms. The predicted octanol–water partition coefficient (Wildman–Crippen LogP) is 1.11. The molecule has 1 aromatic carbocycles. The standard InChI is InChI=1S/C13H15N3O2/c1-2-7-14-12(17)8-11-13(18)16-10-6-4-3-5-9(10)15-11/h2-6,11,15H,1,7-8H2,(H,14,17)(H,16,18)/t11-/m0/s1. The Morgan fingerprint density at radius 3 is 2.83 bits per heavy atom. The summed E-state index contributed by atoms with van der Waals surface area (Å²) in [6.07, 6.45) is 1.70. The van der Waals surface area contributed by atoms with Gasteiger partial charge in [-0.05, 0) is 12.1 Å². The normalized spacial score (nSPS) is 17.1. The zero-order valence-corrected chi connectivity index (χ0v) is 9.90. The lowest BCUT2D eigenvalue weighted by atomic mass is 10.1. The maximum atomic E-state index is 11.8. The van der Waals surface area contributed by atoms with Gasteiger partial charge >= 0.3 is 0 Å². The molecule has 0 saturated carbocycles. The van der Waals surface area contributed by atoms with Crippen LogP contribution in [0.2, 0.25) is 0 Å². The van der Waals surface area contributed by atoms with Gasteiger partial charge in [0.25, 0.3) is 0 Å². The summed E-state index contributed by atoms with van der Waals surface area (Å²) in [5, 5.41) is 8.47. The first-order chi connectivity index (χ1) is 8.70. The van der Waals surface area contributed by atoms with Crippen LogP contribution in [0.4, 0.5) is 11.4 Å². The molecule has 0 unspecified atom stereocenters. The van der Waals surface area contributed by atoms with Gasteiger partial charge in [-0.15, -0.1) is 6.58 Å². The van der Waals surface area contributed by atoms with Crippen molar-refractivity contribution in [3.63, 3.8) is 0 Å². The summed E-state index contributed by atoms with van der Waals surface area (Å²) in [5.74, 6) is -0.371. The van der Waals surface area contributed by atoms with Crippen LogP contribution in [0.1, 0.15) is 6.42 Å². The predicted molar refractivity (Wildman–Crippen MR) is 70.3 cm³/mol. The van der Waals surface area contributed by atoms with Gasteiger partial charge in [0, 0.05) is 6.54 Å². The maximum absolute atomic E-state index is 11.8. The molecular weight excluding hydrogens is 230 g/mol. The van der Waals surface area contributed by atoms with Crippen molar-refractivity contribution in [1.29, 1.82) is 0 Å². The van der Waals surface area contributed by atoms with Crippen LogP contribution < -0.4 is 16.0 Å². The Labute approximate surface area is 105 Å². The van der Waals surface area contributed by atoms with Crippen LogP contribution in [0, 0.1) is 0 Å². The molecule has 1 aliphatic heterocycles. The van der Waals surface area contributed by atoms with Crippen LogP contribution in [-0.4, -0.2) is 24.4 Å².